The van der Waals surface area contributed by atoms with Crippen LogP contribution in [0.2, 0.25) is 0 Å². The van der Waals surface area contributed by atoms with Crippen molar-refractivity contribution in [3.63, 3.8) is 0 Å². The molecule has 0 aliphatic heterocycles. The van der Waals surface area contributed by atoms with Gasteiger partial charge >= 0.3 is 0 Å². The van der Waals surface area contributed by atoms with Crippen molar-refractivity contribution in [2.45, 2.75) is 6.54 Å². The number of nitrogens with zero attached hydrogens (tertiary/aromatic N) is 4. The minimum atomic E-state index is -0.354. The van der Waals surface area contributed by atoms with E-state index in [9.17, 15) is 4.39 Å². The Labute approximate surface area is 175 Å². The van der Waals surface area contributed by atoms with Crippen LogP contribution in [0, 0.1) is 5.82 Å². The number of hydrogen-bond donors (Lipinski definition) is 1. The number of nitrogens with one attached hydrogen (secondary N) is 1. The first kappa shape index (κ1) is 22.4. The standard InChI is InChI=1S/C17H24FN5OS.HI/c1-19-16(20-11-13-12-25-17(21-13)22(2)3)23(4)9-10-24-15-8-6-5-7-14(15)18;/h5-8,12H,9-11H2,1-4H3,(H,19,20);1H. The van der Waals surface area contributed by atoms with Crippen LogP contribution in [0.1, 0.15) is 5.69 Å². The summed E-state index contributed by atoms with van der Waals surface area (Å²) in [4.78, 5) is 12.7. The average molecular weight is 493 g/mol. The van der Waals surface area contributed by atoms with Crippen molar-refractivity contribution in [2.24, 2.45) is 4.99 Å². The molecule has 0 amide bonds. The van der Waals surface area contributed by atoms with Crippen LogP contribution < -0.4 is 15.0 Å². The van der Waals surface area contributed by atoms with Crippen molar-refractivity contribution >= 4 is 46.4 Å². The first-order valence-electron chi connectivity index (χ1n) is 7.92. The lowest BCUT2D eigenvalue weighted by Crippen LogP contribution is -2.40. The minimum Gasteiger partial charge on any atom is -0.489 e. The van der Waals surface area contributed by atoms with E-state index in [1.165, 1.54) is 6.07 Å². The number of thiazole rings is 1. The van der Waals surface area contributed by atoms with E-state index in [1.54, 1.807) is 36.6 Å². The number of likely N-dealkylation sites (N-methyl/N-ethyl adjacent to an activating group) is 1. The number of para-hydroxylation sites is 1. The quantitative estimate of drug-likeness (QED) is 0.365. The molecule has 0 aliphatic carbocycles. The first-order chi connectivity index (χ1) is 12.0. The number of hydrogen-bond acceptors (Lipinski definition) is 5. The fourth-order valence-corrected chi connectivity index (χ4v) is 2.86. The molecule has 1 heterocycles. The molecule has 1 aromatic heterocycles. The zero-order valence-corrected chi connectivity index (χ0v) is 18.5. The molecule has 0 fully saturated rings. The van der Waals surface area contributed by atoms with Gasteiger partial charge in [0, 0.05) is 33.6 Å². The second-order valence-corrected chi connectivity index (χ2v) is 6.45. The summed E-state index contributed by atoms with van der Waals surface area (Å²) >= 11 is 1.60. The molecule has 26 heavy (non-hydrogen) atoms. The highest BCUT2D eigenvalue weighted by molar-refractivity contribution is 14.0. The van der Waals surface area contributed by atoms with Gasteiger partial charge in [-0.15, -0.1) is 35.3 Å². The third-order valence-corrected chi connectivity index (χ3v) is 4.50. The van der Waals surface area contributed by atoms with Crippen molar-refractivity contribution < 1.29 is 9.13 Å². The van der Waals surface area contributed by atoms with Crippen LogP contribution >= 0.6 is 35.3 Å². The second kappa shape index (κ2) is 11.2. The lowest BCUT2D eigenvalue weighted by molar-refractivity contribution is 0.270. The number of ether oxygens (including phenoxy) is 1. The summed E-state index contributed by atoms with van der Waals surface area (Å²) in [7, 11) is 7.58. The van der Waals surface area contributed by atoms with Crippen LogP contribution in [0.3, 0.4) is 0 Å². The maximum Gasteiger partial charge on any atom is 0.193 e. The van der Waals surface area contributed by atoms with Crippen molar-refractivity contribution in [1.82, 2.24) is 15.2 Å². The number of benzene rings is 1. The van der Waals surface area contributed by atoms with Crippen molar-refractivity contribution in [3.05, 3.63) is 41.2 Å². The van der Waals surface area contributed by atoms with E-state index in [0.717, 1.165) is 16.8 Å². The van der Waals surface area contributed by atoms with Crippen molar-refractivity contribution in [2.75, 3.05) is 46.2 Å². The maximum atomic E-state index is 13.5. The van der Waals surface area contributed by atoms with Crippen LogP contribution in [0.5, 0.6) is 5.75 Å². The van der Waals surface area contributed by atoms with E-state index in [-0.39, 0.29) is 35.5 Å². The zero-order valence-electron chi connectivity index (χ0n) is 15.4. The summed E-state index contributed by atoms with van der Waals surface area (Å²) in [5.41, 5.74) is 0.964. The Bertz CT molecular complexity index is 710. The predicted octanol–water partition coefficient (Wildman–Crippen LogP) is 3.05. The summed E-state index contributed by atoms with van der Waals surface area (Å²) < 4.78 is 19.0. The fraction of sp³-hybridized carbons (Fsp3) is 0.412. The molecule has 0 radical (unpaired) electrons. The molecule has 0 unspecified atom stereocenters. The average Bonchev–Trinajstić information content (AvgIpc) is 3.06. The molecule has 0 saturated heterocycles. The number of rotatable bonds is 7. The molecule has 0 saturated carbocycles. The molecule has 1 N–H and O–H groups in total. The molecule has 0 bridgehead atoms. The van der Waals surface area contributed by atoms with Gasteiger partial charge in [-0.05, 0) is 12.1 Å². The summed E-state index contributed by atoms with van der Waals surface area (Å²) in [5, 5.41) is 6.27. The molecule has 9 heteroatoms. The number of anilines is 1. The summed E-state index contributed by atoms with van der Waals surface area (Å²) in [6.07, 6.45) is 0. The van der Waals surface area contributed by atoms with Gasteiger partial charge in [0.2, 0.25) is 0 Å². The molecule has 2 rings (SSSR count). The van der Waals surface area contributed by atoms with E-state index < -0.39 is 0 Å². The molecule has 144 valence electrons. The van der Waals surface area contributed by atoms with Crippen LogP contribution in [-0.4, -0.2) is 57.2 Å². The van der Waals surface area contributed by atoms with Gasteiger partial charge in [0.15, 0.2) is 22.7 Å². The van der Waals surface area contributed by atoms with Gasteiger partial charge in [-0.25, -0.2) is 9.37 Å². The predicted molar refractivity (Wildman–Crippen MR) is 117 cm³/mol. The molecular weight excluding hydrogens is 468 g/mol. The van der Waals surface area contributed by atoms with Crippen LogP contribution in [0.15, 0.2) is 34.6 Å². The van der Waals surface area contributed by atoms with E-state index in [0.29, 0.717) is 19.7 Å². The highest BCUT2D eigenvalue weighted by Crippen LogP contribution is 2.17. The minimum absolute atomic E-state index is 0. The molecule has 0 spiro atoms. The number of guanidine groups is 1. The molecule has 2 aromatic rings. The van der Waals surface area contributed by atoms with Crippen LogP contribution in [0.25, 0.3) is 0 Å². The van der Waals surface area contributed by atoms with Gasteiger partial charge in [0.1, 0.15) is 6.61 Å². The Morgan fingerprint density at radius 1 is 1.31 bits per heavy atom. The molecular formula is C17H25FIN5OS. The topological polar surface area (TPSA) is 53.0 Å². The third-order valence-electron chi connectivity index (χ3n) is 3.44. The Hall–Kier alpha value is -1.62. The lowest BCUT2D eigenvalue weighted by atomic mass is 10.3. The number of halogens is 2. The molecule has 0 aliphatic rings. The van der Waals surface area contributed by atoms with Gasteiger partial charge in [-0.1, -0.05) is 12.1 Å². The van der Waals surface area contributed by atoms with Gasteiger partial charge < -0.3 is 19.9 Å². The number of aromatic nitrogens is 1. The van der Waals surface area contributed by atoms with Crippen molar-refractivity contribution in [1.29, 1.82) is 0 Å². The lowest BCUT2D eigenvalue weighted by Gasteiger charge is -2.22. The normalized spacial score (nSPS) is 10.9. The third kappa shape index (κ3) is 6.60. The summed E-state index contributed by atoms with van der Waals surface area (Å²) in [6, 6.07) is 6.39. The Morgan fingerprint density at radius 2 is 2.04 bits per heavy atom. The molecule has 6 nitrogen and oxygen atoms in total. The monoisotopic (exact) mass is 493 g/mol. The first-order valence-corrected chi connectivity index (χ1v) is 8.80. The summed E-state index contributed by atoms with van der Waals surface area (Å²) in [5.74, 6) is 0.641. The van der Waals surface area contributed by atoms with Gasteiger partial charge in [-0.2, -0.15) is 0 Å². The van der Waals surface area contributed by atoms with Gasteiger partial charge in [0.25, 0.3) is 0 Å². The number of aliphatic imine (C=N–C) groups is 1. The van der Waals surface area contributed by atoms with Crippen LogP contribution in [0.4, 0.5) is 9.52 Å². The van der Waals surface area contributed by atoms with Crippen LogP contribution in [-0.2, 0) is 6.54 Å². The van der Waals surface area contributed by atoms with E-state index in [1.807, 2.05) is 36.3 Å². The zero-order chi connectivity index (χ0) is 18.2. The fourth-order valence-electron chi connectivity index (χ4n) is 2.10. The van der Waals surface area contributed by atoms with E-state index in [2.05, 4.69) is 15.3 Å². The highest BCUT2D eigenvalue weighted by atomic mass is 127. The van der Waals surface area contributed by atoms with Gasteiger partial charge in [0.05, 0.1) is 18.8 Å². The van der Waals surface area contributed by atoms with Gasteiger partial charge in [-0.3, -0.25) is 4.99 Å². The molecule has 1 aromatic carbocycles. The van der Waals surface area contributed by atoms with E-state index in [4.69, 9.17) is 4.74 Å². The van der Waals surface area contributed by atoms with Crippen molar-refractivity contribution in [3.8, 4) is 5.75 Å². The SMILES string of the molecule is CN=C(NCc1csc(N(C)C)n1)N(C)CCOc1ccccc1F.I. The molecule has 0 atom stereocenters. The smallest absolute Gasteiger partial charge is 0.193 e. The second-order valence-electron chi connectivity index (χ2n) is 5.62. The van der Waals surface area contributed by atoms with E-state index >= 15 is 0 Å². The Morgan fingerprint density at radius 3 is 2.65 bits per heavy atom. The maximum absolute atomic E-state index is 13.5. The Kier molecular flexibility index (Phi) is 9.63. The highest BCUT2D eigenvalue weighted by Gasteiger charge is 2.09. The Balaban J connectivity index is 0.00000338. The summed E-state index contributed by atoms with van der Waals surface area (Å²) in [6.45, 7) is 1.53. The largest absolute Gasteiger partial charge is 0.489 e.